The Bertz CT molecular complexity index is 497. The van der Waals surface area contributed by atoms with Crippen molar-refractivity contribution < 1.29 is 0 Å². The van der Waals surface area contributed by atoms with Crippen LogP contribution in [0.25, 0.3) is 0 Å². The third-order valence-corrected chi connectivity index (χ3v) is 3.76. The first-order valence-electron chi connectivity index (χ1n) is 4.95. The Balaban J connectivity index is 2.32. The van der Waals surface area contributed by atoms with Crippen molar-refractivity contribution >= 4 is 29.1 Å². The van der Waals surface area contributed by atoms with Crippen LogP contribution in [-0.2, 0) is 0 Å². The molecule has 0 unspecified atom stereocenters. The summed E-state index contributed by atoms with van der Waals surface area (Å²) in [5, 5.41) is 0.615. The molecule has 0 bridgehead atoms. The van der Waals surface area contributed by atoms with E-state index in [1.807, 2.05) is 37.3 Å². The van der Waals surface area contributed by atoms with Crippen LogP contribution in [0.3, 0.4) is 0 Å². The first-order valence-corrected chi connectivity index (χ1v) is 6.15. The molecule has 2 rings (SSSR count). The molecule has 2 N–H and O–H groups in total. The van der Waals surface area contributed by atoms with Crippen LogP contribution in [0.5, 0.6) is 0 Å². The molecular weight excluding hydrogens is 238 g/mol. The van der Waals surface area contributed by atoms with Gasteiger partial charge in [0.05, 0.1) is 10.7 Å². The second-order valence-corrected chi connectivity index (χ2v) is 5.08. The number of aryl methyl sites for hydroxylation is 1. The standard InChI is InChI=1S/C13H12ClNS/c1-9-7-12(15)11(14)8-13(9)16-10-5-3-2-4-6-10/h2-8H,15H2,1H3. The molecule has 3 heteroatoms. The lowest BCUT2D eigenvalue weighted by molar-refractivity contribution is 1.29. The lowest BCUT2D eigenvalue weighted by atomic mass is 10.2. The van der Waals surface area contributed by atoms with Crippen LogP contribution in [0.4, 0.5) is 5.69 Å². The quantitative estimate of drug-likeness (QED) is 0.800. The van der Waals surface area contributed by atoms with Crippen molar-refractivity contribution in [2.75, 3.05) is 5.73 Å². The number of rotatable bonds is 2. The van der Waals surface area contributed by atoms with Crippen LogP contribution in [0.2, 0.25) is 5.02 Å². The van der Waals surface area contributed by atoms with Crippen LogP contribution in [0.15, 0.2) is 52.3 Å². The Labute approximate surface area is 105 Å². The summed E-state index contributed by atoms with van der Waals surface area (Å²) < 4.78 is 0. The first-order chi connectivity index (χ1) is 7.66. The van der Waals surface area contributed by atoms with Crippen molar-refractivity contribution in [3.8, 4) is 0 Å². The number of hydrogen-bond acceptors (Lipinski definition) is 2. The highest BCUT2D eigenvalue weighted by Crippen LogP contribution is 2.34. The minimum absolute atomic E-state index is 0.615. The Morgan fingerprint density at radius 3 is 2.50 bits per heavy atom. The second kappa shape index (κ2) is 4.81. The summed E-state index contributed by atoms with van der Waals surface area (Å²) in [6.07, 6.45) is 0. The van der Waals surface area contributed by atoms with Gasteiger partial charge in [-0.1, -0.05) is 41.6 Å². The van der Waals surface area contributed by atoms with Crippen molar-refractivity contribution in [1.29, 1.82) is 0 Å². The number of nitrogens with two attached hydrogens (primary N) is 1. The molecule has 1 nitrogen and oxygen atoms in total. The number of nitrogen functional groups attached to an aromatic ring is 1. The molecule has 0 saturated carbocycles. The zero-order valence-electron chi connectivity index (χ0n) is 8.91. The van der Waals surface area contributed by atoms with Crippen molar-refractivity contribution in [1.82, 2.24) is 0 Å². The van der Waals surface area contributed by atoms with Crippen LogP contribution >= 0.6 is 23.4 Å². The van der Waals surface area contributed by atoms with Crippen molar-refractivity contribution in [3.05, 3.63) is 53.1 Å². The Kier molecular flexibility index (Phi) is 3.42. The molecular formula is C13H12ClNS. The van der Waals surface area contributed by atoms with Crippen LogP contribution in [0.1, 0.15) is 5.56 Å². The fourth-order valence-electron chi connectivity index (χ4n) is 1.41. The minimum atomic E-state index is 0.615. The smallest absolute Gasteiger partial charge is 0.0646 e. The van der Waals surface area contributed by atoms with E-state index >= 15 is 0 Å². The number of hydrogen-bond donors (Lipinski definition) is 1. The van der Waals surface area contributed by atoms with Gasteiger partial charge in [-0.3, -0.25) is 0 Å². The van der Waals surface area contributed by atoms with E-state index in [0.717, 1.165) is 10.5 Å². The molecule has 0 aliphatic rings. The largest absolute Gasteiger partial charge is 0.398 e. The van der Waals surface area contributed by atoms with Gasteiger partial charge in [-0.15, -0.1) is 0 Å². The van der Waals surface area contributed by atoms with Crippen molar-refractivity contribution in [2.45, 2.75) is 16.7 Å². The van der Waals surface area contributed by atoms with E-state index in [9.17, 15) is 0 Å². The zero-order chi connectivity index (χ0) is 11.5. The maximum Gasteiger partial charge on any atom is 0.0646 e. The molecule has 0 saturated heterocycles. The molecule has 82 valence electrons. The van der Waals surface area contributed by atoms with E-state index < -0.39 is 0 Å². The van der Waals surface area contributed by atoms with E-state index in [1.165, 1.54) is 4.90 Å². The van der Waals surface area contributed by atoms with E-state index in [-0.39, 0.29) is 0 Å². The maximum absolute atomic E-state index is 6.01. The van der Waals surface area contributed by atoms with Gasteiger partial charge in [0.15, 0.2) is 0 Å². The summed E-state index contributed by atoms with van der Waals surface area (Å²) in [4.78, 5) is 2.34. The number of benzene rings is 2. The van der Waals surface area contributed by atoms with Gasteiger partial charge in [0, 0.05) is 9.79 Å². The molecule has 0 radical (unpaired) electrons. The summed E-state index contributed by atoms with van der Waals surface area (Å²) in [6, 6.07) is 14.0. The average Bonchev–Trinajstić information content (AvgIpc) is 2.27. The average molecular weight is 250 g/mol. The van der Waals surface area contributed by atoms with E-state index in [1.54, 1.807) is 11.8 Å². The first kappa shape index (κ1) is 11.4. The predicted octanol–water partition coefficient (Wildman–Crippen LogP) is 4.38. The molecule has 0 heterocycles. The highest BCUT2D eigenvalue weighted by molar-refractivity contribution is 7.99. The molecule has 2 aromatic rings. The summed E-state index contributed by atoms with van der Waals surface area (Å²) >= 11 is 7.71. The van der Waals surface area contributed by atoms with Gasteiger partial charge in [-0.25, -0.2) is 0 Å². The lowest BCUT2D eigenvalue weighted by Gasteiger charge is -2.08. The Hall–Kier alpha value is -1.12. The number of anilines is 1. The molecule has 0 spiro atoms. The molecule has 0 fully saturated rings. The summed E-state index contributed by atoms with van der Waals surface area (Å²) in [5.41, 5.74) is 7.53. The fourth-order valence-corrected chi connectivity index (χ4v) is 2.58. The van der Waals surface area contributed by atoms with Gasteiger partial charge in [0.25, 0.3) is 0 Å². The third-order valence-electron chi connectivity index (χ3n) is 2.27. The normalized spacial score (nSPS) is 10.4. The topological polar surface area (TPSA) is 26.0 Å². The SMILES string of the molecule is Cc1cc(N)c(Cl)cc1Sc1ccccc1. The van der Waals surface area contributed by atoms with E-state index in [0.29, 0.717) is 10.7 Å². The van der Waals surface area contributed by atoms with Crippen LogP contribution in [0, 0.1) is 6.92 Å². The Morgan fingerprint density at radius 2 is 1.81 bits per heavy atom. The minimum Gasteiger partial charge on any atom is -0.398 e. The number of halogens is 1. The van der Waals surface area contributed by atoms with Gasteiger partial charge in [-0.05, 0) is 36.8 Å². The monoisotopic (exact) mass is 249 g/mol. The van der Waals surface area contributed by atoms with Gasteiger partial charge in [-0.2, -0.15) is 0 Å². The molecule has 16 heavy (non-hydrogen) atoms. The summed E-state index contributed by atoms with van der Waals surface area (Å²) in [5.74, 6) is 0. The van der Waals surface area contributed by atoms with Crippen molar-refractivity contribution in [2.24, 2.45) is 0 Å². The predicted molar refractivity (Wildman–Crippen MR) is 71.2 cm³/mol. The zero-order valence-corrected chi connectivity index (χ0v) is 10.5. The highest BCUT2D eigenvalue weighted by atomic mass is 35.5. The lowest BCUT2D eigenvalue weighted by Crippen LogP contribution is -1.89. The van der Waals surface area contributed by atoms with Crippen molar-refractivity contribution in [3.63, 3.8) is 0 Å². The third kappa shape index (κ3) is 2.52. The molecule has 2 aromatic carbocycles. The van der Waals surface area contributed by atoms with E-state index in [2.05, 4.69) is 12.1 Å². The molecule has 0 aliphatic carbocycles. The van der Waals surface area contributed by atoms with Gasteiger partial charge in [0.2, 0.25) is 0 Å². The molecule has 0 atom stereocenters. The second-order valence-electron chi connectivity index (χ2n) is 3.55. The highest BCUT2D eigenvalue weighted by Gasteiger charge is 2.05. The van der Waals surface area contributed by atoms with Gasteiger partial charge < -0.3 is 5.73 Å². The molecule has 0 aliphatic heterocycles. The Morgan fingerprint density at radius 1 is 1.12 bits per heavy atom. The molecule has 0 aromatic heterocycles. The molecule has 0 amide bonds. The van der Waals surface area contributed by atoms with Gasteiger partial charge >= 0.3 is 0 Å². The van der Waals surface area contributed by atoms with E-state index in [4.69, 9.17) is 17.3 Å². The summed E-state index contributed by atoms with van der Waals surface area (Å²) in [7, 11) is 0. The summed E-state index contributed by atoms with van der Waals surface area (Å²) in [6.45, 7) is 2.04. The van der Waals surface area contributed by atoms with Crippen LogP contribution < -0.4 is 5.73 Å². The fraction of sp³-hybridized carbons (Fsp3) is 0.0769. The van der Waals surface area contributed by atoms with Crippen LogP contribution in [-0.4, -0.2) is 0 Å². The maximum atomic E-state index is 6.01. The van der Waals surface area contributed by atoms with Gasteiger partial charge in [0.1, 0.15) is 0 Å².